The summed E-state index contributed by atoms with van der Waals surface area (Å²) in [5, 5.41) is 0. The summed E-state index contributed by atoms with van der Waals surface area (Å²) in [6, 6.07) is 8.52. The van der Waals surface area contributed by atoms with E-state index in [-0.39, 0.29) is 0 Å². The number of benzene rings is 1. The Bertz CT molecular complexity index is 388. The Hall–Kier alpha value is -0.500. The van der Waals surface area contributed by atoms with Gasteiger partial charge in [0, 0.05) is 4.83 Å². The number of ether oxygens (including phenoxy) is 1. The summed E-state index contributed by atoms with van der Waals surface area (Å²) in [6.45, 7) is 0. The van der Waals surface area contributed by atoms with Crippen LogP contribution in [-0.4, -0.2) is 11.9 Å². The van der Waals surface area contributed by atoms with Crippen LogP contribution in [0.25, 0.3) is 0 Å². The zero-order chi connectivity index (χ0) is 12.5. The van der Waals surface area contributed by atoms with Gasteiger partial charge >= 0.3 is 0 Å². The summed E-state index contributed by atoms with van der Waals surface area (Å²) < 4.78 is 5.20. The molecule has 1 aromatic carbocycles. The van der Waals surface area contributed by atoms with Crippen molar-refractivity contribution >= 4 is 15.9 Å². The number of fused-ring (bicyclic) bond motifs is 1. The van der Waals surface area contributed by atoms with E-state index >= 15 is 0 Å². The molecule has 98 valence electrons. The van der Waals surface area contributed by atoms with Gasteiger partial charge in [-0.25, -0.2) is 0 Å². The first kappa shape index (κ1) is 12.5. The van der Waals surface area contributed by atoms with E-state index in [0.29, 0.717) is 4.83 Å². The van der Waals surface area contributed by atoms with E-state index in [1.165, 1.54) is 31.2 Å². The first-order valence-electron chi connectivity index (χ1n) is 7.06. The zero-order valence-corrected chi connectivity index (χ0v) is 12.5. The number of alkyl halides is 1. The third-order valence-corrected chi connectivity index (χ3v) is 5.66. The normalized spacial score (nSPS) is 31.6. The lowest BCUT2D eigenvalue weighted by molar-refractivity contribution is 0.414. The van der Waals surface area contributed by atoms with Crippen molar-refractivity contribution in [2.24, 2.45) is 17.8 Å². The summed E-state index contributed by atoms with van der Waals surface area (Å²) in [7, 11) is 1.72. The van der Waals surface area contributed by atoms with Gasteiger partial charge in [-0.05, 0) is 54.7 Å². The Morgan fingerprint density at radius 2 is 1.78 bits per heavy atom. The van der Waals surface area contributed by atoms with E-state index in [1.807, 2.05) is 0 Å². The molecule has 0 amide bonds. The molecule has 3 atom stereocenters. The fourth-order valence-corrected chi connectivity index (χ4v) is 4.87. The summed E-state index contributed by atoms with van der Waals surface area (Å²) in [5.74, 6) is 3.95. The van der Waals surface area contributed by atoms with Crippen molar-refractivity contribution in [3.63, 3.8) is 0 Å². The summed E-state index contributed by atoms with van der Waals surface area (Å²) in [4.78, 5) is 0.666. The molecule has 3 unspecified atom stereocenters. The molecular weight excluding hydrogens is 288 g/mol. The highest BCUT2D eigenvalue weighted by atomic mass is 79.9. The average Bonchev–Trinajstić information content (AvgIpc) is 3.14. The van der Waals surface area contributed by atoms with E-state index in [4.69, 9.17) is 4.74 Å². The molecule has 0 radical (unpaired) electrons. The van der Waals surface area contributed by atoms with Gasteiger partial charge in [0.05, 0.1) is 7.11 Å². The van der Waals surface area contributed by atoms with Crippen LogP contribution in [0.5, 0.6) is 5.75 Å². The minimum absolute atomic E-state index is 0.666. The lowest BCUT2D eigenvalue weighted by Gasteiger charge is -2.10. The molecule has 0 bridgehead atoms. The van der Waals surface area contributed by atoms with Crippen LogP contribution in [0.4, 0.5) is 0 Å². The van der Waals surface area contributed by atoms with Gasteiger partial charge in [-0.3, -0.25) is 0 Å². The Labute approximate surface area is 118 Å². The Balaban J connectivity index is 1.58. The van der Waals surface area contributed by atoms with Gasteiger partial charge in [-0.15, -0.1) is 0 Å². The highest BCUT2D eigenvalue weighted by Gasteiger charge is 2.53. The highest BCUT2D eigenvalue weighted by molar-refractivity contribution is 9.09. The van der Waals surface area contributed by atoms with Crippen LogP contribution in [-0.2, 0) is 6.42 Å². The van der Waals surface area contributed by atoms with Crippen molar-refractivity contribution in [1.82, 2.24) is 0 Å². The smallest absolute Gasteiger partial charge is 0.118 e. The first-order valence-corrected chi connectivity index (χ1v) is 7.98. The minimum Gasteiger partial charge on any atom is -0.497 e. The van der Waals surface area contributed by atoms with Crippen molar-refractivity contribution in [2.75, 3.05) is 7.11 Å². The summed E-state index contributed by atoms with van der Waals surface area (Å²) in [5.41, 5.74) is 1.42. The van der Waals surface area contributed by atoms with Crippen LogP contribution in [0.1, 0.15) is 31.2 Å². The SMILES string of the molecule is COc1ccc(CC(Br)C2C3CCCCC32)cc1. The van der Waals surface area contributed by atoms with E-state index in [2.05, 4.69) is 40.2 Å². The molecule has 1 aromatic rings. The van der Waals surface area contributed by atoms with Gasteiger partial charge in [-0.2, -0.15) is 0 Å². The predicted octanol–water partition coefficient (Wildman–Crippen LogP) is 4.44. The van der Waals surface area contributed by atoms with Crippen LogP contribution in [0.15, 0.2) is 24.3 Å². The van der Waals surface area contributed by atoms with Gasteiger partial charge in [0.15, 0.2) is 0 Å². The number of halogens is 1. The van der Waals surface area contributed by atoms with Gasteiger partial charge in [0.2, 0.25) is 0 Å². The van der Waals surface area contributed by atoms with Gasteiger partial charge in [-0.1, -0.05) is 40.9 Å². The van der Waals surface area contributed by atoms with Crippen molar-refractivity contribution in [2.45, 2.75) is 36.9 Å². The first-order chi connectivity index (χ1) is 8.79. The molecule has 3 rings (SSSR count). The standard InChI is InChI=1S/C16H21BrO/c1-18-12-8-6-11(7-9-12)10-15(17)16-13-4-2-3-5-14(13)16/h6-9,13-16H,2-5,10H2,1H3. The maximum atomic E-state index is 5.20. The van der Waals surface area contributed by atoms with E-state index < -0.39 is 0 Å². The molecule has 2 saturated carbocycles. The van der Waals surface area contributed by atoms with Gasteiger partial charge in [0.1, 0.15) is 5.75 Å². The predicted molar refractivity (Wildman–Crippen MR) is 78.4 cm³/mol. The number of rotatable bonds is 4. The van der Waals surface area contributed by atoms with Crippen LogP contribution in [0, 0.1) is 17.8 Å². The van der Waals surface area contributed by atoms with E-state index in [9.17, 15) is 0 Å². The Morgan fingerprint density at radius 1 is 1.17 bits per heavy atom. The molecule has 1 nitrogen and oxygen atoms in total. The lowest BCUT2D eigenvalue weighted by Crippen LogP contribution is -2.07. The molecular formula is C16H21BrO. The molecule has 0 aromatic heterocycles. The maximum Gasteiger partial charge on any atom is 0.118 e. The fraction of sp³-hybridized carbons (Fsp3) is 0.625. The summed E-state index contributed by atoms with van der Waals surface area (Å²) >= 11 is 3.94. The van der Waals surface area contributed by atoms with Crippen LogP contribution in [0.3, 0.4) is 0 Å². The third kappa shape index (κ3) is 2.45. The van der Waals surface area contributed by atoms with E-state index in [1.54, 1.807) is 7.11 Å². The van der Waals surface area contributed by atoms with Crippen molar-refractivity contribution in [3.05, 3.63) is 29.8 Å². The minimum atomic E-state index is 0.666. The molecule has 0 saturated heterocycles. The molecule has 2 fully saturated rings. The third-order valence-electron chi connectivity index (χ3n) is 4.73. The topological polar surface area (TPSA) is 9.23 Å². The van der Waals surface area contributed by atoms with Crippen LogP contribution < -0.4 is 4.74 Å². The molecule has 2 aliphatic carbocycles. The highest BCUT2D eigenvalue weighted by Crippen LogP contribution is 2.58. The molecule has 0 spiro atoms. The Kier molecular flexibility index (Phi) is 3.65. The second-order valence-corrected chi connectivity index (χ2v) is 6.93. The van der Waals surface area contributed by atoms with Gasteiger partial charge in [0.25, 0.3) is 0 Å². The monoisotopic (exact) mass is 308 g/mol. The van der Waals surface area contributed by atoms with Crippen molar-refractivity contribution < 1.29 is 4.74 Å². The lowest BCUT2D eigenvalue weighted by atomic mass is 10.0. The van der Waals surface area contributed by atoms with E-state index in [0.717, 1.165) is 29.9 Å². The zero-order valence-electron chi connectivity index (χ0n) is 10.9. The number of methoxy groups -OCH3 is 1. The van der Waals surface area contributed by atoms with Crippen LogP contribution in [0.2, 0.25) is 0 Å². The average molecular weight is 309 g/mol. The van der Waals surface area contributed by atoms with Crippen LogP contribution >= 0.6 is 15.9 Å². The molecule has 0 N–H and O–H groups in total. The quantitative estimate of drug-likeness (QED) is 0.747. The molecule has 2 heteroatoms. The second kappa shape index (κ2) is 5.24. The second-order valence-electron chi connectivity index (χ2n) is 5.76. The number of hydrogen-bond donors (Lipinski definition) is 0. The van der Waals surface area contributed by atoms with Gasteiger partial charge < -0.3 is 4.74 Å². The molecule has 0 aliphatic heterocycles. The molecule has 0 heterocycles. The Morgan fingerprint density at radius 3 is 2.33 bits per heavy atom. The molecule has 18 heavy (non-hydrogen) atoms. The summed E-state index contributed by atoms with van der Waals surface area (Å²) in [6.07, 6.45) is 7.02. The molecule has 2 aliphatic rings. The van der Waals surface area contributed by atoms with Crippen molar-refractivity contribution in [1.29, 1.82) is 0 Å². The fourth-order valence-electron chi connectivity index (χ4n) is 3.71. The van der Waals surface area contributed by atoms with Crippen molar-refractivity contribution in [3.8, 4) is 5.75 Å². The number of hydrogen-bond acceptors (Lipinski definition) is 1. The largest absolute Gasteiger partial charge is 0.497 e. The maximum absolute atomic E-state index is 5.20.